The number of nitrogens with one attached hydrogen (secondary N) is 1. The Labute approximate surface area is 263 Å². The Morgan fingerprint density at radius 1 is 0.978 bits per heavy atom. The maximum Gasteiger partial charge on any atom is 0.338 e. The largest absolute Gasteiger partial charge is 0.495 e. The number of aromatic nitrogens is 1. The summed E-state index contributed by atoms with van der Waals surface area (Å²) in [7, 11) is 3.02. The standard InChI is InChI=1S/C34H33N3O7S/c1-6-43-33(40)30-21(3)35-34-37(31(30)23-14-11-20(2)12-15-23)32(39)28(45-34)18-22-13-16-26(27(17-22)42-5)44-19-29(38)36-24-9-7-8-10-25(24)41-4/h7-18,31H,6,19H2,1-5H3,(H,36,38)/b28-18+/t31-/m0/s1. The fraction of sp³-hybridized carbons (Fsp3) is 0.235. The molecule has 11 heteroatoms. The van der Waals surface area contributed by atoms with E-state index >= 15 is 0 Å². The van der Waals surface area contributed by atoms with Gasteiger partial charge in [0.05, 0.1) is 48.4 Å². The zero-order chi connectivity index (χ0) is 32.1. The molecule has 1 N–H and O–H groups in total. The van der Waals surface area contributed by atoms with Crippen LogP contribution in [-0.4, -0.2) is 43.9 Å². The second-order valence-corrected chi connectivity index (χ2v) is 11.2. The van der Waals surface area contributed by atoms with E-state index in [1.165, 1.54) is 25.6 Å². The topological polar surface area (TPSA) is 117 Å². The van der Waals surface area contributed by atoms with Crippen LogP contribution in [0.15, 0.2) is 87.8 Å². The van der Waals surface area contributed by atoms with Gasteiger partial charge in [-0.25, -0.2) is 9.79 Å². The zero-order valence-corrected chi connectivity index (χ0v) is 26.4. The van der Waals surface area contributed by atoms with Crippen LogP contribution < -0.4 is 34.4 Å². The number of anilines is 1. The highest BCUT2D eigenvalue weighted by Crippen LogP contribution is 2.31. The number of methoxy groups -OCH3 is 2. The number of para-hydroxylation sites is 2. The lowest BCUT2D eigenvalue weighted by Gasteiger charge is -2.24. The Bertz CT molecular complexity index is 1960. The number of ether oxygens (including phenoxy) is 4. The molecule has 0 unspecified atom stereocenters. The molecule has 0 aliphatic carbocycles. The maximum atomic E-state index is 13.9. The molecule has 1 aromatic heterocycles. The summed E-state index contributed by atoms with van der Waals surface area (Å²) >= 11 is 1.23. The van der Waals surface area contributed by atoms with Crippen molar-refractivity contribution in [1.82, 2.24) is 4.57 Å². The van der Waals surface area contributed by atoms with Crippen LogP contribution in [0.4, 0.5) is 5.69 Å². The first kappa shape index (κ1) is 31.3. The van der Waals surface area contributed by atoms with Crippen molar-refractivity contribution in [2.45, 2.75) is 26.8 Å². The predicted octanol–water partition coefficient (Wildman–Crippen LogP) is 4.14. The number of esters is 1. The summed E-state index contributed by atoms with van der Waals surface area (Å²) in [5, 5.41) is 2.77. The van der Waals surface area contributed by atoms with Crippen molar-refractivity contribution in [2.24, 2.45) is 4.99 Å². The Hall–Kier alpha value is -5.16. The molecule has 5 rings (SSSR count). The van der Waals surface area contributed by atoms with Crippen LogP contribution in [-0.2, 0) is 14.3 Å². The summed E-state index contributed by atoms with van der Waals surface area (Å²) in [5.74, 6) is 0.415. The molecule has 1 aliphatic heterocycles. The molecule has 3 aromatic carbocycles. The molecule has 10 nitrogen and oxygen atoms in total. The number of hydrogen-bond acceptors (Lipinski definition) is 9. The molecule has 0 radical (unpaired) electrons. The van der Waals surface area contributed by atoms with E-state index in [-0.39, 0.29) is 24.7 Å². The molecule has 0 fully saturated rings. The molecule has 0 spiro atoms. The minimum absolute atomic E-state index is 0.203. The summed E-state index contributed by atoms with van der Waals surface area (Å²) in [6, 6.07) is 19.3. The number of amides is 1. The average molecular weight is 628 g/mol. The summed E-state index contributed by atoms with van der Waals surface area (Å²) in [6.07, 6.45) is 1.74. The van der Waals surface area contributed by atoms with Crippen molar-refractivity contribution >= 4 is 35.0 Å². The van der Waals surface area contributed by atoms with Crippen LogP contribution in [0, 0.1) is 6.92 Å². The highest BCUT2D eigenvalue weighted by Gasteiger charge is 2.33. The second-order valence-electron chi connectivity index (χ2n) is 10.2. The first-order chi connectivity index (χ1) is 21.7. The number of nitrogens with zero attached hydrogens (tertiary/aromatic N) is 2. The number of thiazole rings is 1. The molecule has 1 amide bonds. The molecule has 4 aromatic rings. The summed E-state index contributed by atoms with van der Waals surface area (Å²) < 4.78 is 23.9. The van der Waals surface area contributed by atoms with Gasteiger partial charge in [0.15, 0.2) is 22.9 Å². The molecule has 0 saturated carbocycles. The number of carbonyl (C=O) groups is 2. The molecule has 2 heterocycles. The van der Waals surface area contributed by atoms with Crippen LogP contribution in [0.25, 0.3) is 6.08 Å². The number of carbonyl (C=O) groups excluding carboxylic acids is 2. The third-order valence-corrected chi connectivity index (χ3v) is 8.12. The van der Waals surface area contributed by atoms with E-state index in [9.17, 15) is 14.4 Å². The monoisotopic (exact) mass is 627 g/mol. The minimum Gasteiger partial charge on any atom is -0.495 e. The SMILES string of the molecule is CCOC(=O)C1=C(C)N=c2s/c(=C/c3ccc(OCC(=O)Nc4ccccc4OC)c(OC)c3)c(=O)n2[C@H]1c1ccc(C)cc1. The molecule has 45 heavy (non-hydrogen) atoms. The molecule has 232 valence electrons. The van der Waals surface area contributed by atoms with Crippen LogP contribution >= 0.6 is 11.3 Å². The fourth-order valence-corrected chi connectivity index (χ4v) is 6.02. The van der Waals surface area contributed by atoms with Crippen molar-refractivity contribution in [3.63, 3.8) is 0 Å². The van der Waals surface area contributed by atoms with Gasteiger partial charge in [-0.3, -0.25) is 14.2 Å². The minimum atomic E-state index is -0.685. The fourth-order valence-electron chi connectivity index (χ4n) is 4.98. The molecule has 0 saturated heterocycles. The zero-order valence-electron chi connectivity index (χ0n) is 25.6. The number of aryl methyl sites for hydroxylation is 1. The molecular formula is C34H33N3O7S. The van der Waals surface area contributed by atoms with Gasteiger partial charge >= 0.3 is 5.97 Å². The number of benzene rings is 3. The summed E-state index contributed by atoms with van der Waals surface area (Å²) in [6.45, 7) is 5.42. The van der Waals surface area contributed by atoms with Gasteiger partial charge < -0.3 is 24.3 Å². The van der Waals surface area contributed by atoms with Gasteiger partial charge in [0.2, 0.25) is 0 Å². The van der Waals surface area contributed by atoms with Gasteiger partial charge in [0.1, 0.15) is 5.75 Å². The first-order valence-electron chi connectivity index (χ1n) is 14.2. The van der Waals surface area contributed by atoms with Crippen molar-refractivity contribution in [2.75, 3.05) is 32.8 Å². The highest BCUT2D eigenvalue weighted by molar-refractivity contribution is 7.07. The smallest absolute Gasteiger partial charge is 0.338 e. The third-order valence-electron chi connectivity index (χ3n) is 7.14. The number of fused-ring (bicyclic) bond motifs is 1. The summed E-state index contributed by atoms with van der Waals surface area (Å²) in [4.78, 5) is 44.6. The van der Waals surface area contributed by atoms with E-state index < -0.39 is 12.0 Å². The Balaban J connectivity index is 1.45. The van der Waals surface area contributed by atoms with Gasteiger partial charge in [-0.05, 0) is 62.2 Å². The number of hydrogen-bond donors (Lipinski definition) is 1. The van der Waals surface area contributed by atoms with E-state index in [0.29, 0.717) is 49.1 Å². The van der Waals surface area contributed by atoms with Gasteiger partial charge in [0, 0.05) is 0 Å². The van der Waals surface area contributed by atoms with Crippen LogP contribution in [0.5, 0.6) is 17.2 Å². The van der Waals surface area contributed by atoms with Crippen molar-refractivity contribution < 1.29 is 28.5 Å². The maximum absolute atomic E-state index is 13.9. The van der Waals surface area contributed by atoms with Gasteiger partial charge in [-0.1, -0.05) is 59.4 Å². The van der Waals surface area contributed by atoms with Crippen molar-refractivity contribution in [3.05, 3.63) is 114 Å². The normalized spacial score (nSPS) is 14.3. The molecular weight excluding hydrogens is 594 g/mol. The van der Waals surface area contributed by atoms with E-state index in [0.717, 1.165) is 11.1 Å². The van der Waals surface area contributed by atoms with Gasteiger partial charge in [-0.15, -0.1) is 0 Å². The average Bonchev–Trinajstić information content (AvgIpc) is 3.34. The van der Waals surface area contributed by atoms with E-state index in [1.807, 2.05) is 37.3 Å². The summed E-state index contributed by atoms with van der Waals surface area (Å²) in [5.41, 5.74) is 3.60. The van der Waals surface area contributed by atoms with E-state index in [1.54, 1.807) is 60.9 Å². The lowest BCUT2D eigenvalue weighted by atomic mass is 9.95. The molecule has 1 atom stereocenters. The van der Waals surface area contributed by atoms with Gasteiger partial charge in [-0.2, -0.15) is 0 Å². The van der Waals surface area contributed by atoms with Crippen LogP contribution in [0.3, 0.4) is 0 Å². The molecule has 0 bridgehead atoms. The molecule has 1 aliphatic rings. The quantitative estimate of drug-likeness (QED) is 0.263. The first-order valence-corrected chi connectivity index (χ1v) is 15.1. The van der Waals surface area contributed by atoms with E-state index in [2.05, 4.69) is 10.3 Å². The lowest BCUT2D eigenvalue weighted by Crippen LogP contribution is -2.39. The number of rotatable bonds is 10. The van der Waals surface area contributed by atoms with Gasteiger partial charge in [0.25, 0.3) is 11.5 Å². The van der Waals surface area contributed by atoms with Crippen LogP contribution in [0.1, 0.15) is 36.6 Å². The number of allylic oxidation sites excluding steroid dienone is 1. The van der Waals surface area contributed by atoms with Crippen molar-refractivity contribution in [1.29, 1.82) is 0 Å². The van der Waals surface area contributed by atoms with E-state index in [4.69, 9.17) is 18.9 Å². The Morgan fingerprint density at radius 3 is 2.42 bits per heavy atom. The third kappa shape index (κ3) is 6.68. The second kappa shape index (κ2) is 13.6. The Morgan fingerprint density at radius 2 is 1.71 bits per heavy atom. The Kier molecular flexibility index (Phi) is 9.48. The van der Waals surface area contributed by atoms with Crippen LogP contribution in [0.2, 0.25) is 0 Å². The predicted molar refractivity (Wildman–Crippen MR) is 172 cm³/mol. The lowest BCUT2D eigenvalue weighted by molar-refractivity contribution is -0.139. The van der Waals surface area contributed by atoms with Crippen molar-refractivity contribution in [3.8, 4) is 17.2 Å². The highest BCUT2D eigenvalue weighted by atomic mass is 32.1.